The van der Waals surface area contributed by atoms with E-state index in [4.69, 9.17) is 21.0 Å². The first-order chi connectivity index (χ1) is 5.72. The second kappa shape index (κ2) is 2.84. The van der Waals surface area contributed by atoms with Gasteiger partial charge in [-0.3, -0.25) is 0 Å². The molecule has 0 aromatic carbocycles. The number of aliphatic hydroxyl groups is 2. The van der Waals surface area contributed by atoms with Crippen LogP contribution >= 0.6 is 0 Å². The molecule has 6 heteroatoms. The van der Waals surface area contributed by atoms with Gasteiger partial charge in [-0.05, 0) is 0 Å². The molecular formula is C6H4N4O2. The van der Waals surface area contributed by atoms with Crippen molar-refractivity contribution in [2.24, 2.45) is 9.98 Å². The van der Waals surface area contributed by atoms with Crippen LogP contribution in [0.4, 0.5) is 0 Å². The minimum absolute atomic E-state index is 0.140. The molecule has 4 N–H and O–H groups in total. The third kappa shape index (κ3) is 0.932. The van der Waals surface area contributed by atoms with E-state index in [0.29, 0.717) is 0 Å². The zero-order chi connectivity index (χ0) is 9.14. The highest BCUT2D eigenvalue weighted by Crippen LogP contribution is 2.32. The first kappa shape index (κ1) is 7.94. The van der Waals surface area contributed by atoms with Gasteiger partial charge in [0.15, 0.2) is 22.9 Å². The van der Waals surface area contributed by atoms with Crippen molar-refractivity contribution < 1.29 is 10.2 Å². The summed E-state index contributed by atoms with van der Waals surface area (Å²) in [7, 11) is 0. The van der Waals surface area contributed by atoms with Crippen LogP contribution in [0.15, 0.2) is 32.9 Å². The van der Waals surface area contributed by atoms with E-state index >= 15 is 0 Å². The molecule has 1 aliphatic carbocycles. The maximum absolute atomic E-state index is 9.03. The Morgan fingerprint density at radius 1 is 0.917 bits per heavy atom. The van der Waals surface area contributed by atoms with Crippen LogP contribution < -0.4 is 0 Å². The summed E-state index contributed by atoms with van der Waals surface area (Å²) in [5.41, 5.74) is -0.280. The highest BCUT2D eigenvalue weighted by atomic mass is 16.3. The van der Waals surface area contributed by atoms with Crippen LogP contribution in [0.25, 0.3) is 0 Å². The van der Waals surface area contributed by atoms with Gasteiger partial charge >= 0.3 is 0 Å². The zero-order valence-corrected chi connectivity index (χ0v) is 5.79. The van der Waals surface area contributed by atoms with Crippen molar-refractivity contribution in [3.8, 4) is 0 Å². The molecule has 0 heterocycles. The number of aliphatic imine (C=N–C) groups is 2. The molecule has 0 unspecified atom stereocenters. The summed E-state index contributed by atoms with van der Waals surface area (Å²) in [6.07, 6.45) is 0. The second-order valence-electron chi connectivity index (χ2n) is 1.84. The Balaban J connectivity index is 3.02. The van der Waals surface area contributed by atoms with Crippen LogP contribution in [-0.2, 0) is 0 Å². The molecule has 0 fully saturated rings. The molecule has 1 aliphatic rings. The molecule has 0 radical (unpaired) electrons. The smallest absolute Gasteiger partial charge is 0.176 e. The van der Waals surface area contributed by atoms with Gasteiger partial charge < -0.3 is 10.2 Å². The summed E-state index contributed by atoms with van der Waals surface area (Å²) in [5, 5.41) is 30.9. The van der Waals surface area contributed by atoms with Gasteiger partial charge in [0.2, 0.25) is 0 Å². The van der Waals surface area contributed by atoms with E-state index in [1.807, 2.05) is 0 Å². The Kier molecular flexibility index (Phi) is 1.88. The number of nitrogens with zero attached hydrogens (tertiary/aromatic N) is 2. The van der Waals surface area contributed by atoms with Crippen LogP contribution in [0.1, 0.15) is 0 Å². The van der Waals surface area contributed by atoms with Crippen molar-refractivity contribution >= 4 is 12.0 Å². The molecule has 0 amide bonds. The lowest BCUT2D eigenvalue weighted by molar-refractivity contribution is 0.343. The van der Waals surface area contributed by atoms with Crippen molar-refractivity contribution in [3.63, 3.8) is 0 Å². The Bertz CT molecular complexity index is 331. The number of nitrogens with one attached hydrogen (secondary N) is 2. The monoisotopic (exact) mass is 164 g/mol. The quantitative estimate of drug-likeness (QED) is 0.457. The number of rotatable bonds is 2. The molecule has 0 bridgehead atoms. The van der Waals surface area contributed by atoms with E-state index in [1.165, 1.54) is 0 Å². The standard InChI is InChI=1S/C6H4N4O2/c7-1-9-3-5(11)4(6(3)12)10-2-8/h7-8,11-12H. The van der Waals surface area contributed by atoms with Crippen molar-refractivity contribution in [1.82, 2.24) is 0 Å². The van der Waals surface area contributed by atoms with Crippen LogP contribution in [0.3, 0.4) is 0 Å². The van der Waals surface area contributed by atoms with Gasteiger partial charge in [0.05, 0.1) is 12.0 Å². The highest BCUT2D eigenvalue weighted by Gasteiger charge is 2.29. The molecule has 1 rings (SSSR count). The van der Waals surface area contributed by atoms with Crippen LogP contribution in [0.5, 0.6) is 0 Å². The molecule has 60 valence electrons. The molecule has 0 aromatic heterocycles. The van der Waals surface area contributed by atoms with E-state index in [9.17, 15) is 0 Å². The molecule has 0 aliphatic heterocycles. The summed E-state index contributed by atoms with van der Waals surface area (Å²) in [5.74, 6) is -0.709. The molecular weight excluding hydrogens is 160 g/mol. The summed E-state index contributed by atoms with van der Waals surface area (Å²) >= 11 is 0. The molecule has 6 nitrogen and oxygen atoms in total. The van der Waals surface area contributed by atoms with E-state index < -0.39 is 0 Å². The summed E-state index contributed by atoms with van der Waals surface area (Å²) in [4.78, 5) is 6.43. The Morgan fingerprint density at radius 3 is 1.50 bits per heavy atom. The Labute approximate surface area is 66.9 Å². The minimum atomic E-state index is -0.355. The summed E-state index contributed by atoms with van der Waals surface area (Å²) in [6, 6.07) is 3.29. The molecule has 0 atom stereocenters. The third-order valence-corrected chi connectivity index (χ3v) is 1.23. The van der Waals surface area contributed by atoms with Gasteiger partial charge in [-0.15, -0.1) is 0 Å². The van der Waals surface area contributed by atoms with Crippen molar-refractivity contribution in [3.05, 3.63) is 22.9 Å². The van der Waals surface area contributed by atoms with Gasteiger partial charge in [-0.2, -0.15) is 9.98 Å². The maximum Gasteiger partial charge on any atom is 0.176 e. The normalized spacial score (nSPS) is 14.7. The average Bonchev–Trinajstić information content (AvgIpc) is 2.10. The highest BCUT2D eigenvalue weighted by molar-refractivity contribution is 5.58. The van der Waals surface area contributed by atoms with Gasteiger partial charge in [-0.1, -0.05) is 0 Å². The fourth-order valence-corrected chi connectivity index (χ4v) is 0.710. The van der Waals surface area contributed by atoms with Gasteiger partial charge in [0.1, 0.15) is 0 Å². The number of hydrogen-bond acceptors (Lipinski definition) is 6. The van der Waals surface area contributed by atoms with Crippen LogP contribution in [-0.4, -0.2) is 22.2 Å². The Hall–Kier alpha value is -2.16. The SMILES string of the molecule is N=C=NC1=C(O)C(N=C=N)=C1O. The lowest BCUT2D eigenvalue weighted by Gasteiger charge is -2.14. The van der Waals surface area contributed by atoms with Crippen molar-refractivity contribution in [2.75, 3.05) is 0 Å². The van der Waals surface area contributed by atoms with E-state index in [2.05, 4.69) is 9.98 Å². The maximum atomic E-state index is 9.03. The third-order valence-electron chi connectivity index (χ3n) is 1.23. The van der Waals surface area contributed by atoms with E-state index in [1.54, 1.807) is 12.0 Å². The number of aliphatic hydroxyl groups excluding tert-OH is 2. The number of hydrogen-bond donors (Lipinski definition) is 4. The van der Waals surface area contributed by atoms with Crippen LogP contribution in [0.2, 0.25) is 0 Å². The van der Waals surface area contributed by atoms with Gasteiger partial charge in [-0.25, -0.2) is 10.8 Å². The largest absolute Gasteiger partial charge is 0.504 e. The van der Waals surface area contributed by atoms with Crippen molar-refractivity contribution in [1.29, 1.82) is 10.8 Å². The summed E-state index contributed by atoms with van der Waals surface area (Å²) < 4.78 is 0. The van der Waals surface area contributed by atoms with E-state index in [-0.39, 0.29) is 22.9 Å². The lowest BCUT2D eigenvalue weighted by Crippen LogP contribution is -2.08. The van der Waals surface area contributed by atoms with Crippen molar-refractivity contribution in [2.45, 2.75) is 0 Å². The van der Waals surface area contributed by atoms with E-state index in [0.717, 1.165) is 0 Å². The molecule has 0 spiro atoms. The van der Waals surface area contributed by atoms with Gasteiger partial charge in [0, 0.05) is 0 Å². The zero-order valence-electron chi connectivity index (χ0n) is 5.79. The Morgan fingerprint density at radius 2 is 1.25 bits per heavy atom. The summed E-state index contributed by atoms with van der Waals surface area (Å²) in [6.45, 7) is 0. The van der Waals surface area contributed by atoms with Crippen LogP contribution in [0, 0.1) is 10.8 Å². The van der Waals surface area contributed by atoms with Gasteiger partial charge in [0.25, 0.3) is 0 Å². The molecule has 0 saturated heterocycles. The fraction of sp³-hybridized carbons (Fsp3) is 0. The second-order valence-corrected chi connectivity index (χ2v) is 1.84. The minimum Gasteiger partial charge on any atom is -0.504 e. The first-order valence-electron chi connectivity index (χ1n) is 2.84. The predicted molar refractivity (Wildman–Crippen MR) is 39.6 cm³/mol. The molecule has 0 aromatic rings. The molecule has 12 heavy (non-hydrogen) atoms. The first-order valence-corrected chi connectivity index (χ1v) is 2.84. The fourth-order valence-electron chi connectivity index (χ4n) is 0.710. The predicted octanol–water partition coefficient (Wildman–Crippen LogP) is 1.04. The average molecular weight is 164 g/mol. The molecule has 0 saturated carbocycles. The lowest BCUT2D eigenvalue weighted by atomic mass is 10.1. The topological polar surface area (TPSA) is 113 Å².